The van der Waals surface area contributed by atoms with Crippen molar-refractivity contribution in [2.45, 2.75) is 12.5 Å². The molecule has 0 saturated heterocycles. The number of nitriles is 1. The second-order valence-electron chi connectivity index (χ2n) is 2.67. The normalized spacial score (nSPS) is 11.2. The van der Waals surface area contributed by atoms with Gasteiger partial charge in [0.15, 0.2) is 0 Å². The predicted octanol–water partition coefficient (Wildman–Crippen LogP) is 1.87. The molecule has 3 N–H and O–H groups in total. The van der Waals surface area contributed by atoms with E-state index in [2.05, 4.69) is 0 Å². The Bertz CT molecular complexity index is 351. The number of nitrogens with two attached hydrogens (primary N) is 1. The number of halogens is 2. The Morgan fingerprint density at radius 3 is 2.71 bits per heavy atom. The first-order valence-electron chi connectivity index (χ1n) is 3.76. The monoisotopic (exact) mass is 216 g/mol. The molecule has 0 amide bonds. The molecule has 1 atom stereocenters. The quantitative estimate of drug-likeness (QED) is 0.793. The van der Waals surface area contributed by atoms with Crippen molar-refractivity contribution < 1.29 is 9.50 Å². The van der Waals surface area contributed by atoms with E-state index in [1.807, 2.05) is 6.07 Å². The van der Waals surface area contributed by atoms with Crippen molar-refractivity contribution in [1.29, 1.82) is 5.26 Å². The molecule has 0 aliphatic rings. The molecule has 0 aliphatic carbocycles. The molecule has 0 saturated carbocycles. The Kier molecular flexibility index (Phi) is 4.92. The third-order valence-electron chi connectivity index (χ3n) is 1.69. The SMILES string of the molecule is Cl.N#CC[C@H](N)c1ccc(O)cc1F. The minimum atomic E-state index is -0.634. The van der Waals surface area contributed by atoms with Gasteiger partial charge in [0.25, 0.3) is 0 Å². The standard InChI is InChI=1S/C9H9FN2O.ClH/c10-8-5-6(13)1-2-7(8)9(12)3-4-11;/h1-2,5,9,13H,3,12H2;1H/t9-;/m0./s1. The topological polar surface area (TPSA) is 70.0 Å². The van der Waals surface area contributed by atoms with Gasteiger partial charge in [-0.3, -0.25) is 0 Å². The Morgan fingerprint density at radius 2 is 2.21 bits per heavy atom. The number of benzene rings is 1. The van der Waals surface area contributed by atoms with Crippen LogP contribution < -0.4 is 5.73 Å². The van der Waals surface area contributed by atoms with Crippen LogP contribution in [-0.4, -0.2) is 5.11 Å². The molecule has 0 aliphatic heterocycles. The van der Waals surface area contributed by atoms with E-state index in [0.29, 0.717) is 0 Å². The van der Waals surface area contributed by atoms with Crippen molar-refractivity contribution in [3.8, 4) is 11.8 Å². The van der Waals surface area contributed by atoms with Crippen LogP contribution in [0.15, 0.2) is 18.2 Å². The van der Waals surface area contributed by atoms with Crippen LogP contribution in [0, 0.1) is 17.1 Å². The van der Waals surface area contributed by atoms with Gasteiger partial charge in [-0.05, 0) is 6.07 Å². The van der Waals surface area contributed by atoms with Gasteiger partial charge >= 0.3 is 0 Å². The molecule has 76 valence electrons. The molecule has 5 heteroatoms. The third-order valence-corrected chi connectivity index (χ3v) is 1.69. The summed E-state index contributed by atoms with van der Waals surface area (Å²) in [4.78, 5) is 0. The lowest BCUT2D eigenvalue weighted by atomic mass is 10.0. The molecular weight excluding hydrogens is 207 g/mol. The molecular formula is C9H10ClFN2O. The first kappa shape index (κ1) is 12.7. The third kappa shape index (κ3) is 2.87. The molecule has 0 heterocycles. The second kappa shape index (κ2) is 5.43. The van der Waals surface area contributed by atoms with E-state index in [0.717, 1.165) is 6.07 Å². The lowest BCUT2D eigenvalue weighted by Crippen LogP contribution is -2.10. The van der Waals surface area contributed by atoms with E-state index in [1.165, 1.54) is 12.1 Å². The molecule has 1 aromatic rings. The summed E-state index contributed by atoms with van der Waals surface area (Å²) in [6.07, 6.45) is 0.0572. The summed E-state index contributed by atoms with van der Waals surface area (Å²) in [6, 6.07) is 4.92. The predicted molar refractivity (Wildman–Crippen MR) is 52.5 cm³/mol. The average molecular weight is 217 g/mol. The van der Waals surface area contributed by atoms with Crippen molar-refractivity contribution in [1.82, 2.24) is 0 Å². The molecule has 1 rings (SSSR count). The van der Waals surface area contributed by atoms with Crippen LogP contribution in [-0.2, 0) is 0 Å². The summed E-state index contributed by atoms with van der Waals surface area (Å²) in [7, 11) is 0. The van der Waals surface area contributed by atoms with E-state index in [1.54, 1.807) is 0 Å². The van der Waals surface area contributed by atoms with E-state index in [9.17, 15) is 4.39 Å². The summed E-state index contributed by atoms with van der Waals surface area (Å²) < 4.78 is 13.1. The number of phenols is 1. The number of nitrogens with zero attached hydrogens (tertiary/aromatic N) is 1. The van der Waals surface area contributed by atoms with Crippen LogP contribution in [0.4, 0.5) is 4.39 Å². The maximum absolute atomic E-state index is 13.1. The zero-order valence-corrected chi connectivity index (χ0v) is 8.09. The van der Waals surface area contributed by atoms with Gasteiger partial charge in [0.1, 0.15) is 11.6 Å². The van der Waals surface area contributed by atoms with Gasteiger partial charge in [-0.2, -0.15) is 5.26 Å². The molecule has 0 bridgehead atoms. The lowest BCUT2D eigenvalue weighted by molar-refractivity contribution is 0.466. The Balaban J connectivity index is 0.00000169. The van der Waals surface area contributed by atoms with Gasteiger partial charge in [0, 0.05) is 17.7 Å². The first-order valence-corrected chi connectivity index (χ1v) is 3.76. The van der Waals surface area contributed by atoms with Crippen molar-refractivity contribution >= 4 is 12.4 Å². The molecule has 0 unspecified atom stereocenters. The van der Waals surface area contributed by atoms with Crippen molar-refractivity contribution in [3.05, 3.63) is 29.6 Å². The van der Waals surface area contributed by atoms with E-state index >= 15 is 0 Å². The minimum Gasteiger partial charge on any atom is -0.508 e. The summed E-state index contributed by atoms with van der Waals surface area (Å²) in [6.45, 7) is 0. The number of hydrogen-bond acceptors (Lipinski definition) is 3. The van der Waals surface area contributed by atoms with Gasteiger partial charge in [0.2, 0.25) is 0 Å². The Hall–Kier alpha value is -1.31. The zero-order chi connectivity index (χ0) is 9.84. The van der Waals surface area contributed by atoms with E-state index < -0.39 is 11.9 Å². The molecule has 0 fully saturated rings. The van der Waals surface area contributed by atoms with Crippen LogP contribution in [0.25, 0.3) is 0 Å². The number of rotatable bonds is 2. The van der Waals surface area contributed by atoms with Crippen LogP contribution in [0.1, 0.15) is 18.0 Å². The smallest absolute Gasteiger partial charge is 0.131 e. The fourth-order valence-corrected chi connectivity index (χ4v) is 1.03. The van der Waals surface area contributed by atoms with Crippen LogP contribution in [0.5, 0.6) is 5.75 Å². The molecule has 0 spiro atoms. The van der Waals surface area contributed by atoms with Gasteiger partial charge < -0.3 is 10.8 Å². The Labute approximate surface area is 87.4 Å². The fourth-order valence-electron chi connectivity index (χ4n) is 1.03. The largest absolute Gasteiger partial charge is 0.508 e. The van der Waals surface area contributed by atoms with Crippen LogP contribution in [0.2, 0.25) is 0 Å². The molecule has 1 aromatic carbocycles. The van der Waals surface area contributed by atoms with Crippen molar-refractivity contribution in [2.24, 2.45) is 5.73 Å². The maximum Gasteiger partial charge on any atom is 0.131 e. The highest BCUT2D eigenvalue weighted by Crippen LogP contribution is 2.21. The first-order chi connectivity index (χ1) is 6.15. The van der Waals surface area contributed by atoms with Crippen molar-refractivity contribution in [3.63, 3.8) is 0 Å². The number of hydrogen-bond donors (Lipinski definition) is 2. The summed E-state index contributed by atoms with van der Waals surface area (Å²) in [5.41, 5.74) is 5.76. The fraction of sp³-hybridized carbons (Fsp3) is 0.222. The van der Waals surface area contributed by atoms with Crippen LogP contribution in [0.3, 0.4) is 0 Å². The van der Waals surface area contributed by atoms with Crippen molar-refractivity contribution in [2.75, 3.05) is 0 Å². The number of phenolic OH excluding ortho intramolecular Hbond substituents is 1. The second-order valence-corrected chi connectivity index (χ2v) is 2.67. The summed E-state index contributed by atoms with van der Waals surface area (Å²) in [5.74, 6) is -0.729. The number of aromatic hydroxyl groups is 1. The molecule has 14 heavy (non-hydrogen) atoms. The van der Waals surface area contributed by atoms with Crippen LogP contribution >= 0.6 is 12.4 Å². The lowest BCUT2D eigenvalue weighted by Gasteiger charge is -2.08. The highest BCUT2D eigenvalue weighted by atomic mass is 35.5. The minimum absolute atomic E-state index is 0. The van der Waals surface area contributed by atoms with E-state index in [-0.39, 0.29) is 30.1 Å². The molecule has 0 radical (unpaired) electrons. The van der Waals surface area contributed by atoms with Gasteiger partial charge in [-0.15, -0.1) is 12.4 Å². The van der Waals surface area contributed by atoms with Gasteiger partial charge in [0.05, 0.1) is 12.5 Å². The highest BCUT2D eigenvalue weighted by molar-refractivity contribution is 5.85. The highest BCUT2D eigenvalue weighted by Gasteiger charge is 2.10. The van der Waals surface area contributed by atoms with E-state index in [4.69, 9.17) is 16.1 Å². The molecule has 0 aromatic heterocycles. The zero-order valence-electron chi connectivity index (χ0n) is 7.27. The summed E-state index contributed by atoms with van der Waals surface area (Å²) in [5, 5.41) is 17.2. The average Bonchev–Trinajstić information content (AvgIpc) is 2.04. The Morgan fingerprint density at radius 1 is 1.57 bits per heavy atom. The van der Waals surface area contributed by atoms with Gasteiger partial charge in [-0.25, -0.2) is 4.39 Å². The molecule has 3 nitrogen and oxygen atoms in total. The van der Waals surface area contributed by atoms with Gasteiger partial charge in [-0.1, -0.05) is 6.07 Å². The maximum atomic E-state index is 13.1. The summed E-state index contributed by atoms with van der Waals surface area (Å²) >= 11 is 0.